The SMILES string of the molecule is Cc1nc2ccccc2nc1Oc1c(N)cccc1F. The molecule has 0 spiro atoms. The van der Waals surface area contributed by atoms with Crippen LogP contribution in [-0.2, 0) is 0 Å². The van der Waals surface area contributed by atoms with Gasteiger partial charge in [-0.3, -0.25) is 0 Å². The summed E-state index contributed by atoms with van der Waals surface area (Å²) in [5, 5.41) is 0. The summed E-state index contributed by atoms with van der Waals surface area (Å²) in [4.78, 5) is 8.73. The first-order chi connectivity index (χ1) is 9.65. The van der Waals surface area contributed by atoms with E-state index in [0.717, 1.165) is 5.52 Å². The van der Waals surface area contributed by atoms with Gasteiger partial charge in [-0.15, -0.1) is 0 Å². The Morgan fingerprint density at radius 3 is 2.40 bits per heavy atom. The molecule has 2 N–H and O–H groups in total. The Hall–Kier alpha value is -2.69. The van der Waals surface area contributed by atoms with Crippen LogP contribution in [-0.4, -0.2) is 9.97 Å². The maximum atomic E-state index is 13.7. The number of aryl methyl sites for hydroxylation is 1. The molecular weight excluding hydrogens is 257 g/mol. The minimum Gasteiger partial charge on any atom is -0.432 e. The van der Waals surface area contributed by atoms with Gasteiger partial charge in [0.2, 0.25) is 5.88 Å². The van der Waals surface area contributed by atoms with E-state index in [0.29, 0.717) is 11.2 Å². The molecule has 0 atom stereocenters. The molecule has 0 amide bonds. The van der Waals surface area contributed by atoms with Crippen molar-refractivity contribution in [3.8, 4) is 11.6 Å². The first-order valence-corrected chi connectivity index (χ1v) is 6.10. The number of anilines is 1. The lowest BCUT2D eigenvalue weighted by atomic mass is 10.3. The molecule has 2 aromatic carbocycles. The Labute approximate surface area is 115 Å². The largest absolute Gasteiger partial charge is 0.432 e. The topological polar surface area (TPSA) is 61.0 Å². The molecule has 20 heavy (non-hydrogen) atoms. The number of para-hydroxylation sites is 3. The molecule has 0 saturated heterocycles. The van der Waals surface area contributed by atoms with Crippen molar-refractivity contribution >= 4 is 16.7 Å². The number of benzene rings is 2. The predicted octanol–water partition coefficient (Wildman–Crippen LogP) is 3.45. The second-order valence-electron chi connectivity index (χ2n) is 4.36. The van der Waals surface area contributed by atoms with Gasteiger partial charge in [-0.2, -0.15) is 0 Å². The molecular formula is C15H12FN3O. The highest BCUT2D eigenvalue weighted by atomic mass is 19.1. The lowest BCUT2D eigenvalue weighted by Crippen LogP contribution is -1.99. The third kappa shape index (κ3) is 2.14. The molecule has 4 nitrogen and oxygen atoms in total. The van der Waals surface area contributed by atoms with Crippen LogP contribution in [0.3, 0.4) is 0 Å². The van der Waals surface area contributed by atoms with Crippen molar-refractivity contribution in [3.63, 3.8) is 0 Å². The van der Waals surface area contributed by atoms with Crippen LogP contribution >= 0.6 is 0 Å². The van der Waals surface area contributed by atoms with Gasteiger partial charge in [-0.05, 0) is 31.2 Å². The Morgan fingerprint density at radius 1 is 1.00 bits per heavy atom. The predicted molar refractivity (Wildman–Crippen MR) is 75.2 cm³/mol. The Morgan fingerprint density at radius 2 is 1.70 bits per heavy atom. The minimum absolute atomic E-state index is 0.0276. The molecule has 1 heterocycles. The normalized spacial score (nSPS) is 10.7. The van der Waals surface area contributed by atoms with Gasteiger partial charge in [-0.1, -0.05) is 18.2 Å². The lowest BCUT2D eigenvalue weighted by Gasteiger charge is -2.10. The number of fused-ring (bicyclic) bond motifs is 1. The van der Waals surface area contributed by atoms with Crippen LogP contribution in [0.15, 0.2) is 42.5 Å². The van der Waals surface area contributed by atoms with Crippen molar-refractivity contribution in [2.24, 2.45) is 0 Å². The van der Waals surface area contributed by atoms with Crippen molar-refractivity contribution in [2.45, 2.75) is 6.92 Å². The quantitative estimate of drug-likeness (QED) is 0.724. The monoisotopic (exact) mass is 269 g/mol. The van der Waals surface area contributed by atoms with E-state index in [1.807, 2.05) is 24.3 Å². The zero-order valence-corrected chi connectivity index (χ0v) is 10.8. The third-order valence-corrected chi connectivity index (χ3v) is 2.90. The second kappa shape index (κ2) is 4.77. The summed E-state index contributed by atoms with van der Waals surface area (Å²) in [6, 6.07) is 11.8. The van der Waals surface area contributed by atoms with Crippen molar-refractivity contribution in [1.29, 1.82) is 0 Å². The molecule has 0 saturated carbocycles. The van der Waals surface area contributed by atoms with Crippen LogP contribution in [0.5, 0.6) is 11.6 Å². The summed E-state index contributed by atoms with van der Waals surface area (Å²) in [5.41, 5.74) is 7.96. The maximum absolute atomic E-state index is 13.7. The first kappa shape index (κ1) is 12.3. The van der Waals surface area contributed by atoms with Crippen LogP contribution in [0.1, 0.15) is 5.69 Å². The van der Waals surface area contributed by atoms with Crippen LogP contribution in [0.4, 0.5) is 10.1 Å². The minimum atomic E-state index is -0.528. The highest BCUT2D eigenvalue weighted by Crippen LogP contribution is 2.31. The molecule has 0 fully saturated rings. The number of halogens is 1. The Bertz CT molecular complexity index is 769. The van der Waals surface area contributed by atoms with Gasteiger partial charge >= 0.3 is 0 Å². The fourth-order valence-corrected chi connectivity index (χ4v) is 1.90. The summed E-state index contributed by atoms with van der Waals surface area (Å²) in [6.45, 7) is 1.76. The average Bonchev–Trinajstić information content (AvgIpc) is 2.43. The fraction of sp³-hybridized carbons (Fsp3) is 0.0667. The number of nitrogens with two attached hydrogens (primary N) is 1. The van der Waals surface area contributed by atoms with Crippen LogP contribution < -0.4 is 10.5 Å². The molecule has 0 aliphatic carbocycles. The Kier molecular flexibility index (Phi) is 2.95. The smallest absolute Gasteiger partial charge is 0.241 e. The van der Waals surface area contributed by atoms with Gasteiger partial charge in [0, 0.05) is 0 Å². The van der Waals surface area contributed by atoms with Crippen molar-refractivity contribution in [1.82, 2.24) is 9.97 Å². The molecule has 0 aliphatic rings. The molecule has 0 radical (unpaired) electrons. The summed E-state index contributed by atoms with van der Waals surface area (Å²) in [5.74, 6) is -0.306. The van der Waals surface area contributed by atoms with Crippen molar-refractivity contribution < 1.29 is 9.13 Å². The van der Waals surface area contributed by atoms with E-state index in [9.17, 15) is 4.39 Å². The van der Waals surface area contributed by atoms with Crippen molar-refractivity contribution in [3.05, 3.63) is 54.0 Å². The number of aromatic nitrogens is 2. The van der Waals surface area contributed by atoms with Crippen LogP contribution in [0.2, 0.25) is 0 Å². The number of rotatable bonds is 2. The summed E-state index contributed by atoms with van der Waals surface area (Å²) in [6.07, 6.45) is 0. The maximum Gasteiger partial charge on any atom is 0.241 e. The highest BCUT2D eigenvalue weighted by Gasteiger charge is 2.12. The van der Waals surface area contributed by atoms with Crippen LogP contribution in [0, 0.1) is 12.7 Å². The molecule has 3 rings (SSSR count). The van der Waals surface area contributed by atoms with E-state index >= 15 is 0 Å². The van der Waals surface area contributed by atoms with Crippen LogP contribution in [0.25, 0.3) is 11.0 Å². The summed E-state index contributed by atoms with van der Waals surface area (Å²) in [7, 11) is 0. The molecule has 0 unspecified atom stereocenters. The highest BCUT2D eigenvalue weighted by molar-refractivity contribution is 5.74. The van der Waals surface area contributed by atoms with Gasteiger partial charge in [0.25, 0.3) is 0 Å². The number of ether oxygens (including phenoxy) is 1. The van der Waals surface area contributed by atoms with E-state index in [-0.39, 0.29) is 17.3 Å². The number of hydrogen-bond acceptors (Lipinski definition) is 4. The number of nitrogens with zero attached hydrogens (tertiary/aromatic N) is 2. The van der Waals surface area contributed by atoms with E-state index in [4.69, 9.17) is 10.5 Å². The summed E-state index contributed by atoms with van der Waals surface area (Å²) < 4.78 is 19.2. The average molecular weight is 269 g/mol. The molecule has 0 bridgehead atoms. The lowest BCUT2D eigenvalue weighted by molar-refractivity contribution is 0.426. The van der Waals surface area contributed by atoms with E-state index in [1.165, 1.54) is 12.1 Å². The molecule has 100 valence electrons. The molecule has 5 heteroatoms. The fourth-order valence-electron chi connectivity index (χ4n) is 1.90. The van der Waals surface area contributed by atoms with E-state index in [2.05, 4.69) is 9.97 Å². The standard InChI is InChI=1S/C15H12FN3O/c1-9-15(19-13-8-3-2-7-12(13)18-9)20-14-10(16)5-4-6-11(14)17/h2-8H,17H2,1H3. The molecule has 3 aromatic rings. The number of nitrogen functional groups attached to an aromatic ring is 1. The zero-order valence-electron chi connectivity index (χ0n) is 10.8. The van der Waals surface area contributed by atoms with Gasteiger partial charge < -0.3 is 10.5 Å². The second-order valence-corrected chi connectivity index (χ2v) is 4.36. The zero-order chi connectivity index (χ0) is 14.1. The van der Waals surface area contributed by atoms with Gasteiger partial charge in [0.15, 0.2) is 11.6 Å². The number of hydrogen-bond donors (Lipinski definition) is 1. The van der Waals surface area contributed by atoms with Gasteiger partial charge in [0.05, 0.1) is 16.7 Å². The van der Waals surface area contributed by atoms with Crippen molar-refractivity contribution in [2.75, 3.05) is 5.73 Å². The Balaban J connectivity index is 2.09. The van der Waals surface area contributed by atoms with Gasteiger partial charge in [0.1, 0.15) is 5.69 Å². The summed E-state index contributed by atoms with van der Waals surface area (Å²) >= 11 is 0. The first-order valence-electron chi connectivity index (χ1n) is 6.10. The van der Waals surface area contributed by atoms with E-state index in [1.54, 1.807) is 13.0 Å². The van der Waals surface area contributed by atoms with Gasteiger partial charge in [-0.25, -0.2) is 14.4 Å². The molecule has 1 aromatic heterocycles. The van der Waals surface area contributed by atoms with E-state index < -0.39 is 5.82 Å². The molecule has 0 aliphatic heterocycles. The third-order valence-electron chi connectivity index (χ3n) is 2.90.